The summed E-state index contributed by atoms with van der Waals surface area (Å²) in [5.41, 5.74) is 1.81. The number of ketones is 1. The van der Waals surface area contributed by atoms with Gasteiger partial charge in [-0.25, -0.2) is 8.42 Å². The minimum atomic E-state index is -3.66. The number of hydrogen-bond donors (Lipinski definition) is 1. The molecule has 1 aliphatic rings. The van der Waals surface area contributed by atoms with Gasteiger partial charge in [-0.15, -0.1) is 10.2 Å². The highest BCUT2D eigenvalue weighted by Crippen LogP contribution is 2.31. The number of anilines is 1. The number of carbonyl (C=O) groups is 2. The average molecular weight is 558 g/mol. The minimum Gasteiger partial charge on any atom is -0.379 e. The summed E-state index contributed by atoms with van der Waals surface area (Å²) < 4.78 is 35.1. The van der Waals surface area contributed by atoms with E-state index in [1.165, 1.54) is 23.0 Å². The third-order valence-electron chi connectivity index (χ3n) is 6.30. The molecule has 202 valence electrons. The molecule has 1 aromatic heterocycles. The molecule has 0 spiro atoms. The second kappa shape index (κ2) is 12.2. The molecular weight excluding hydrogens is 526 g/mol. The molecule has 10 nitrogen and oxygen atoms in total. The van der Waals surface area contributed by atoms with Crippen LogP contribution >= 0.6 is 11.8 Å². The summed E-state index contributed by atoms with van der Waals surface area (Å²) in [6.07, 6.45) is 0.791. The molecule has 3 aromatic rings. The Balaban J connectivity index is 1.53. The van der Waals surface area contributed by atoms with E-state index in [1.807, 2.05) is 24.5 Å². The van der Waals surface area contributed by atoms with E-state index in [0.717, 1.165) is 6.42 Å². The van der Waals surface area contributed by atoms with E-state index >= 15 is 0 Å². The number of thioether (sulfide) groups is 1. The number of Topliss-reactive ketones (excluding diaryl/α,β-unsaturated/α-hetero) is 1. The molecule has 38 heavy (non-hydrogen) atoms. The van der Waals surface area contributed by atoms with Gasteiger partial charge in [-0.1, -0.05) is 30.8 Å². The van der Waals surface area contributed by atoms with Crippen LogP contribution in [-0.2, 0) is 19.6 Å². The smallest absolute Gasteiger partial charge is 0.243 e. The lowest BCUT2D eigenvalue weighted by Crippen LogP contribution is -2.40. The van der Waals surface area contributed by atoms with Crippen molar-refractivity contribution in [3.05, 3.63) is 54.1 Å². The lowest BCUT2D eigenvalue weighted by molar-refractivity contribution is -0.113. The summed E-state index contributed by atoms with van der Waals surface area (Å²) in [6.45, 7) is 6.95. The fraction of sp³-hybridized carbons (Fsp3) is 0.385. The van der Waals surface area contributed by atoms with Gasteiger partial charge >= 0.3 is 0 Å². The topological polar surface area (TPSA) is 123 Å². The van der Waals surface area contributed by atoms with Gasteiger partial charge in [-0.2, -0.15) is 4.31 Å². The molecule has 0 radical (unpaired) electrons. The van der Waals surface area contributed by atoms with Crippen molar-refractivity contribution >= 4 is 39.2 Å². The van der Waals surface area contributed by atoms with Crippen molar-refractivity contribution in [2.45, 2.75) is 43.3 Å². The number of hydrogen-bond acceptors (Lipinski definition) is 8. The number of nitrogens with one attached hydrogen (secondary N) is 1. The standard InChI is InChI=1S/C26H31N5O5S2/c1-4-18(2)31-25(21-6-5-7-23(16-21)38(34,35)30-12-14-36-15-13-30)28-29-26(31)37-17-24(33)27-22-10-8-20(9-11-22)19(3)32/h5-11,16,18H,4,12-15,17H2,1-3H3,(H,27,33)/t18-/m0/s1. The fourth-order valence-corrected chi connectivity index (χ4v) is 6.29. The number of morpholine rings is 1. The SMILES string of the molecule is CC[C@H](C)n1c(SCC(=O)Nc2ccc(C(C)=O)cc2)nnc1-c1cccc(S(=O)(=O)N2CCOCC2)c1. The zero-order chi connectivity index (χ0) is 27.3. The van der Waals surface area contributed by atoms with E-state index in [-0.39, 0.29) is 28.4 Å². The molecule has 1 atom stereocenters. The molecule has 2 aromatic carbocycles. The second-order valence-corrected chi connectivity index (χ2v) is 11.8. The minimum absolute atomic E-state index is 0.0178. The molecule has 1 saturated heterocycles. The van der Waals surface area contributed by atoms with E-state index in [4.69, 9.17) is 4.74 Å². The number of ether oxygens (including phenoxy) is 1. The Morgan fingerprint density at radius 3 is 2.47 bits per heavy atom. The molecule has 1 amide bonds. The van der Waals surface area contributed by atoms with Gasteiger partial charge < -0.3 is 10.1 Å². The lowest BCUT2D eigenvalue weighted by atomic mass is 10.1. The fourth-order valence-electron chi connectivity index (χ4n) is 4.00. The maximum absolute atomic E-state index is 13.2. The van der Waals surface area contributed by atoms with Crippen molar-refractivity contribution < 1.29 is 22.7 Å². The summed E-state index contributed by atoms with van der Waals surface area (Å²) in [7, 11) is -3.66. The number of aromatic nitrogens is 3. The number of carbonyl (C=O) groups excluding carboxylic acids is 2. The van der Waals surface area contributed by atoms with Crippen molar-refractivity contribution in [1.82, 2.24) is 19.1 Å². The van der Waals surface area contributed by atoms with Gasteiger partial charge in [0.05, 0.1) is 23.9 Å². The van der Waals surface area contributed by atoms with Gasteiger partial charge in [-0.05, 0) is 56.7 Å². The van der Waals surface area contributed by atoms with Crippen LogP contribution in [0.4, 0.5) is 5.69 Å². The molecule has 0 saturated carbocycles. The Morgan fingerprint density at radius 2 is 1.82 bits per heavy atom. The Bertz CT molecular complexity index is 1400. The summed E-state index contributed by atoms with van der Waals surface area (Å²) in [5.74, 6) is 0.391. The molecule has 2 heterocycles. The van der Waals surface area contributed by atoms with Gasteiger partial charge in [0.2, 0.25) is 15.9 Å². The van der Waals surface area contributed by atoms with Crippen LogP contribution in [0.2, 0.25) is 0 Å². The van der Waals surface area contributed by atoms with Gasteiger partial charge in [0, 0.05) is 35.9 Å². The number of rotatable bonds is 10. The van der Waals surface area contributed by atoms with Crippen molar-refractivity contribution in [3.63, 3.8) is 0 Å². The second-order valence-electron chi connectivity index (χ2n) is 8.95. The quantitative estimate of drug-likeness (QED) is 0.294. The first-order chi connectivity index (χ1) is 18.2. The Kier molecular flexibility index (Phi) is 8.98. The predicted octanol–water partition coefficient (Wildman–Crippen LogP) is 3.87. The summed E-state index contributed by atoms with van der Waals surface area (Å²) in [6, 6.07) is 13.5. The zero-order valence-corrected chi connectivity index (χ0v) is 23.2. The molecule has 4 rings (SSSR count). The largest absolute Gasteiger partial charge is 0.379 e. The van der Waals surface area contributed by atoms with Gasteiger partial charge in [0.25, 0.3) is 0 Å². The van der Waals surface area contributed by atoms with Crippen LogP contribution < -0.4 is 5.32 Å². The van der Waals surface area contributed by atoms with Crippen LogP contribution in [0.1, 0.15) is 43.6 Å². The highest BCUT2D eigenvalue weighted by atomic mass is 32.2. The Labute approximate surface area is 226 Å². The Hall–Kier alpha value is -3.06. The first-order valence-electron chi connectivity index (χ1n) is 12.4. The first kappa shape index (κ1) is 28.0. The molecular formula is C26H31N5O5S2. The number of amides is 1. The van der Waals surface area contributed by atoms with E-state index in [1.54, 1.807) is 42.5 Å². The van der Waals surface area contributed by atoms with Crippen LogP contribution in [0.5, 0.6) is 0 Å². The van der Waals surface area contributed by atoms with E-state index in [2.05, 4.69) is 15.5 Å². The maximum atomic E-state index is 13.2. The number of sulfonamides is 1. The molecule has 0 aliphatic carbocycles. The van der Waals surface area contributed by atoms with Crippen molar-refractivity contribution in [2.75, 3.05) is 37.4 Å². The van der Waals surface area contributed by atoms with Gasteiger partial charge in [0.1, 0.15) is 0 Å². The van der Waals surface area contributed by atoms with Crippen molar-refractivity contribution in [2.24, 2.45) is 0 Å². The number of nitrogens with zero attached hydrogens (tertiary/aromatic N) is 4. The van der Waals surface area contributed by atoms with Crippen LogP contribution in [0, 0.1) is 0 Å². The Morgan fingerprint density at radius 1 is 1.11 bits per heavy atom. The van der Waals surface area contributed by atoms with E-state index < -0.39 is 10.0 Å². The predicted molar refractivity (Wildman–Crippen MR) is 146 cm³/mol. The molecule has 1 fully saturated rings. The summed E-state index contributed by atoms with van der Waals surface area (Å²) in [5, 5.41) is 12.1. The highest BCUT2D eigenvalue weighted by molar-refractivity contribution is 7.99. The molecule has 1 aliphatic heterocycles. The third-order valence-corrected chi connectivity index (χ3v) is 9.14. The zero-order valence-electron chi connectivity index (χ0n) is 21.6. The molecule has 0 unspecified atom stereocenters. The molecule has 12 heteroatoms. The van der Waals surface area contributed by atoms with Crippen LogP contribution in [-0.4, -0.2) is 71.2 Å². The normalized spacial score (nSPS) is 15.2. The third kappa shape index (κ3) is 6.32. The highest BCUT2D eigenvalue weighted by Gasteiger charge is 2.27. The van der Waals surface area contributed by atoms with Crippen LogP contribution in [0.3, 0.4) is 0 Å². The average Bonchev–Trinajstić information content (AvgIpc) is 3.36. The van der Waals surface area contributed by atoms with E-state index in [0.29, 0.717) is 54.1 Å². The van der Waals surface area contributed by atoms with Gasteiger partial charge in [-0.3, -0.25) is 14.2 Å². The summed E-state index contributed by atoms with van der Waals surface area (Å²) in [4.78, 5) is 24.2. The maximum Gasteiger partial charge on any atom is 0.243 e. The van der Waals surface area contributed by atoms with Crippen LogP contribution in [0.25, 0.3) is 11.4 Å². The van der Waals surface area contributed by atoms with Crippen molar-refractivity contribution in [3.8, 4) is 11.4 Å². The monoisotopic (exact) mass is 557 g/mol. The molecule has 1 N–H and O–H groups in total. The summed E-state index contributed by atoms with van der Waals surface area (Å²) >= 11 is 1.26. The number of benzene rings is 2. The van der Waals surface area contributed by atoms with E-state index in [9.17, 15) is 18.0 Å². The van der Waals surface area contributed by atoms with Crippen molar-refractivity contribution in [1.29, 1.82) is 0 Å². The van der Waals surface area contributed by atoms with Gasteiger partial charge in [0.15, 0.2) is 16.8 Å². The molecule has 0 bridgehead atoms. The van der Waals surface area contributed by atoms with Crippen LogP contribution in [0.15, 0.2) is 58.6 Å². The first-order valence-corrected chi connectivity index (χ1v) is 14.8. The lowest BCUT2D eigenvalue weighted by Gasteiger charge is -2.26.